The minimum absolute atomic E-state index is 0.0245. The Morgan fingerprint density at radius 3 is 2.77 bits per heavy atom. The van der Waals surface area contributed by atoms with Crippen LogP contribution >= 0.6 is 0 Å². The molecule has 6 nitrogen and oxygen atoms in total. The quantitative estimate of drug-likeness (QED) is 0.625. The highest BCUT2D eigenvalue weighted by atomic mass is 16.5. The van der Waals surface area contributed by atoms with E-state index in [0.717, 1.165) is 29.8 Å². The van der Waals surface area contributed by atoms with Crippen LogP contribution in [0.3, 0.4) is 0 Å². The first-order chi connectivity index (χ1) is 14.7. The van der Waals surface area contributed by atoms with E-state index in [0.29, 0.717) is 24.6 Å². The third-order valence-corrected chi connectivity index (χ3v) is 5.15. The largest absolute Gasteiger partial charge is 0.493 e. The van der Waals surface area contributed by atoms with Crippen LogP contribution in [0.15, 0.2) is 67.0 Å². The molecule has 0 atom stereocenters. The highest BCUT2D eigenvalue weighted by Crippen LogP contribution is 2.30. The molecule has 0 bridgehead atoms. The van der Waals surface area contributed by atoms with Crippen molar-refractivity contribution in [3.8, 4) is 11.5 Å². The van der Waals surface area contributed by atoms with Crippen LogP contribution in [0.4, 0.5) is 5.69 Å². The molecule has 0 aliphatic carbocycles. The lowest BCUT2D eigenvalue weighted by molar-refractivity contribution is -0.120. The molecule has 1 aromatic heterocycles. The number of methoxy groups -OCH3 is 1. The Kier molecular flexibility index (Phi) is 6.25. The van der Waals surface area contributed by atoms with E-state index >= 15 is 0 Å². The van der Waals surface area contributed by atoms with Gasteiger partial charge in [0.2, 0.25) is 0 Å². The Morgan fingerprint density at radius 2 is 1.93 bits per heavy atom. The Bertz CT molecular complexity index is 1010. The average Bonchev–Trinajstić information content (AvgIpc) is 3.23. The van der Waals surface area contributed by atoms with Gasteiger partial charge in [0.1, 0.15) is 0 Å². The second kappa shape index (κ2) is 9.41. The summed E-state index contributed by atoms with van der Waals surface area (Å²) in [6.07, 6.45) is 4.49. The van der Waals surface area contributed by atoms with Gasteiger partial charge in [0, 0.05) is 37.7 Å². The number of amides is 1. The number of pyridine rings is 1. The summed E-state index contributed by atoms with van der Waals surface area (Å²) in [5, 5.41) is 3.39. The van der Waals surface area contributed by atoms with Crippen LogP contribution in [0.5, 0.6) is 11.5 Å². The number of aromatic nitrogens is 1. The average molecular weight is 403 g/mol. The molecule has 2 aromatic carbocycles. The third kappa shape index (κ3) is 4.60. The van der Waals surface area contributed by atoms with Gasteiger partial charge in [0.05, 0.1) is 7.11 Å². The summed E-state index contributed by atoms with van der Waals surface area (Å²) in [5.41, 5.74) is 4.38. The molecule has 4 rings (SSSR count). The lowest BCUT2D eigenvalue weighted by Crippen LogP contribution is -2.33. The third-order valence-electron chi connectivity index (χ3n) is 5.15. The van der Waals surface area contributed by atoms with Gasteiger partial charge in [-0.25, -0.2) is 0 Å². The fourth-order valence-electron chi connectivity index (χ4n) is 3.61. The second-order valence-electron chi connectivity index (χ2n) is 7.16. The number of hydrogen-bond acceptors (Lipinski definition) is 5. The van der Waals surface area contributed by atoms with E-state index in [4.69, 9.17) is 9.47 Å². The summed E-state index contributed by atoms with van der Waals surface area (Å²) >= 11 is 0. The van der Waals surface area contributed by atoms with Crippen molar-refractivity contribution in [1.29, 1.82) is 0 Å². The smallest absolute Gasteiger partial charge is 0.264 e. The summed E-state index contributed by atoms with van der Waals surface area (Å²) in [5.74, 6) is 1.13. The van der Waals surface area contributed by atoms with Crippen molar-refractivity contribution in [2.45, 2.75) is 19.5 Å². The first-order valence-corrected chi connectivity index (χ1v) is 10.0. The molecular formula is C24H25N3O3. The van der Waals surface area contributed by atoms with Crippen LogP contribution in [0, 0.1) is 0 Å². The van der Waals surface area contributed by atoms with Crippen molar-refractivity contribution in [3.05, 3.63) is 83.7 Å². The number of carbonyl (C=O) groups is 1. The van der Waals surface area contributed by atoms with Gasteiger partial charge in [-0.1, -0.05) is 30.3 Å². The molecule has 1 aliphatic rings. The van der Waals surface area contributed by atoms with E-state index in [-0.39, 0.29) is 12.5 Å². The molecule has 0 spiro atoms. The van der Waals surface area contributed by atoms with Crippen LogP contribution < -0.4 is 19.7 Å². The molecule has 0 unspecified atom stereocenters. The van der Waals surface area contributed by atoms with Gasteiger partial charge in [-0.3, -0.25) is 9.78 Å². The van der Waals surface area contributed by atoms with Crippen molar-refractivity contribution < 1.29 is 14.3 Å². The Labute approximate surface area is 176 Å². The van der Waals surface area contributed by atoms with E-state index in [1.165, 1.54) is 5.56 Å². The predicted octanol–water partition coefficient (Wildman–Crippen LogP) is 3.35. The lowest BCUT2D eigenvalue weighted by atomic mass is 10.2. The number of carbonyl (C=O) groups excluding carboxylic acids is 1. The van der Waals surface area contributed by atoms with Gasteiger partial charge in [0.15, 0.2) is 18.1 Å². The molecule has 3 aromatic rings. The summed E-state index contributed by atoms with van der Waals surface area (Å²) in [7, 11) is 1.60. The SMILES string of the molecule is COc1cc(CNCc2cccnc2)ccc1OCC(=O)N1CCc2ccccc21. The summed E-state index contributed by atoms with van der Waals surface area (Å²) < 4.78 is 11.3. The summed E-state index contributed by atoms with van der Waals surface area (Å²) in [6.45, 7) is 2.10. The molecule has 6 heteroatoms. The molecule has 154 valence electrons. The lowest BCUT2D eigenvalue weighted by Gasteiger charge is -2.18. The van der Waals surface area contributed by atoms with Gasteiger partial charge in [0.25, 0.3) is 5.91 Å². The zero-order valence-corrected chi connectivity index (χ0v) is 17.0. The number of rotatable bonds is 8. The molecule has 0 saturated carbocycles. The Hall–Kier alpha value is -3.38. The van der Waals surface area contributed by atoms with Gasteiger partial charge in [-0.15, -0.1) is 0 Å². The molecule has 1 aliphatic heterocycles. The van der Waals surface area contributed by atoms with Crippen LogP contribution in [-0.2, 0) is 24.3 Å². The number of benzene rings is 2. The van der Waals surface area contributed by atoms with Crippen LogP contribution in [0.1, 0.15) is 16.7 Å². The van der Waals surface area contributed by atoms with Crippen molar-refractivity contribution in [2.75, 3.05) is 25.2 Å². The highest BCUT2D eigenvalue weighted by molar-refractivity contribution is 5.96. The summed E-state index contributed by atoms with van der Waals surface area (Å²) in [6, 6.07) is 17.7. The number of hydrogen-bond donors (Lipinski definition) is 1. The minimum atomic E-state index is -0.0517. The number of anilines is 1. The van der Waals surface area contributed by atoms with E-state index in [2.05, 4.69) is 16.4 Å². The normalized spacial score (nSPS) is 12.5. The van der Waals surface area contributed by atoms with E-state index in [1.54, 1.807) is 18.2 Å². The van der Waals surface area contributed by atoms with Gasteiger partial charge in [-0.05, 0) is 47.4 Å². The van der Waals surface area contributed by atoms with Crippen molar-refractivity contribution in [2.24, 2.45) is 0 Å². The maximum atomic E-state index is 12.7. The van der Waals surface area contributed by atoms with Crippen LogP contribution in [-0.4, -0.2) is 31.2 Å². The van der Waals surface area contributed by atoms with E-state index in [1.807, 2.05) is 54.7 Å². The second-order valence-corrected chi connectivity index (χ2v) is 7.16. The van der Waals surface area contributed by atoms with Crippen molar-refractivity contribution >= 4 is 11.6 Å². The van der Waals surface area contributed by atoms with Gasteiger partial charge < -0.3 is 19.7 Å². The molecule has 30 heavy (non-hydrogen) atoms. The number of para-hydroxylation sites is 1. The number of fused-ring (bicyclic) bond motifs is 1. The Morgan fingerprint density at radius 1 is 1.07 bits per heavy atom. The predicted molar refractivity (Wildman–Crippen MR) is 116 cm³/mol. The van der Waals surface area contributed by atoms with Gasteiger partial charge in [-0.2, -0.15) is 0 Å². The monoisotopic (exact) mass is 403 g/mol. The Balaban J connectivity index is 1.33. The fraction of sp³-hybridized carbons (Fsp3) is 0.250. The molecule has 2 heterocycles. The zero-order chi connectivity index (χ0) is 20.8. The van der Waals surface area contributed by atoms with E-state index in [9.17, 15) is 4.79 Å². The standard InChI is InChI=1S/C24H25N3O3/c1-29-23-13-18(14-26-16-19-5-4-11-25-15-19)8-9-22(23)30-17-24(28)27-12-10-20-6-2-3-7-21(20)27/h2-9,11,13,15,26H,10,12,14,16-17H2,1H3. The molecule has 1 N–H and O–H groups in total. The molecule has 0 saturated heterocycles. The summed E-state index contributed by atoms with van der Waals surface area (Å²) in [4.78, 5) is 18.6. The first-order valence-electron chi connectivity index (χ1n) is 10.0. The fourth-order valence-corrected chi connectivity index (χ4v) is 3.61. The molecule has 0 radical (unpaired) electrons. The topological polar surface area (TPSA) is 63.7 Å². The molecular weight excluding hydrogens is 378 g/mol. The first kappa shape index (κ1) is 19.9. The number of nitrogens with zero attached hydrogens (tertiary/aromatic N) is 2. The zero-order valence-electron chi connectivity index (χ0n) is 17.0. The maximum Gasteiger partial charge on any atom is 0.264 e. The van der Waals surface area contributed by atoms with E-state index < -0.39 is 0 Å². The highest BCUT2D eigenvalue weighted by Gasteiger charge is 2.24. The van der Waals surface area contributed by atoms with Crippen molar-refractivity contribution in [3.63, 3.8) is 0 Å². The minimum Gasteiger partial charge on any atom is -0.493 e. The number of nitrogens with one attached hydrogen (secondary N) is 1. The molecule has 0 fully saturated rings. The van der Waals surface area contributed by atoms with Crippen molar-refractivity contribution in [1.82, 2.24) is 10.3 Å². The van der Waals surface area contributed by atoms with Crippen LogP contribution in [0.25, 0.3) is 0 Å². The van der Waals surface area contributed by atoms with Gasteiger partial charge >= 0.3 is 0 Å². The maximum absolute atomic E-state index is 12.7. The number of ether oxygens (including phenoxy) is 2. The molecule has 1 amide bonds. The van der Waals surface area contributed by atoms with Crippen LogP contribution in [0.2, 0.25) is 0 Å².